The Bertz CT molecular complexity index is 1560. The number of hydrogen-bond donors (Lipinski definition) is 2. The van der Waals surface area contributed by atoms with Crippen molar-refractivity contribution in [2.24, 2.45) is 0 Å². The number of thioether (sulfide) groups is 1. The molecule has 0 aliphatic carbocycles. The molecule has 0 aromatic heterocycles. The SMILES string of the molecule is Cc1ccc(S(=O)(=O)Nc2ccc(SC(C(=O)Nc3ccc(Cl)cc3C(F)(F)F)c3ccccc3)cc2)cc1. The first-order valence-electron chi connectivity index (χ1n) is 11.5. The van der Waals surface area contributed by atoms with E-state index in [2.05, 4.69) is 10.0 Å². The van der Waals surface area contributed by atoms with Crippen molar-refractivity contribution >= 4 is 50.7 Å². The Balaban J connectivity index is 1.56. The van der Waals surface area contributed by atoms with Gasteiger partial charge >= 0.3 is 6.18 Å². The molecule has 0 aliphatic rings. The van der Waals surface area contributed by atoms with Crippen LogP contribution in [-0.2, 0) is 21.0 Å². The molecule has 0 saturated carbocycles. The zero-order valence-corrected chi connectivity index (χ0v) is 22.8. The Hall–Kier alpha value is -3.47. The maximum Gasteiger partial charge on any atom is 0.418 e. The van der Waals surface area contributed by atoms with Crippen LogP contribution >= 0.6 is 23.4 Å². The quantitative estimate of drug-likeness (QED) is 0.204. The summed E-state index contributed by atoms with van der Waals surface area (Å²) in [6.45, 7) is 1.86. The predicted molar refractivity (Wildman–Crippen MR) is 149 cm³/mol. The first-order valence-corrected chi connectivity index (χ1v) is 14.3. The smallest absolute Gasteiger partial charge is 0.324 e. The summed E-state index contributed by atoms with van der Waals surface area (Å²) < 4.78 is 68.6. The minimum Gasteiger partial charge on any atom is -0.324 e. The van der Waals surface area contributed by atoms with Gasteiger partial charge in [0.2, 0.25) is 5.91 Å². The Morgan fingerprint density at radius 2 is 1.54 bits per heavy atom. The highest BCUT2D eigenvalue weighted by Crippen LogP contribution is 2.40. The largest absolute Gasteiger partial charge is 0.418 e. The van der Waals surface area contributed by atoms with Gasteiger partial charge in [-0.15, -0.1) is 11.8 Å². The summed E-state index contributed by atoms with van der Waals surface area (Å²) in [5.74, 6) is -0.664. The molecular formula is C28H22ClF3N2O3S2. The van der Waals surface area contributed by atoms with Crippen LogP contribution in [0.15, 0.2) is 107 Å². The molecular weight excluding hydrogens is 569 g/mol. The van der Waals surface area contributed by atoms with Crippen LogP contribution < -0.4 is 10.0 Å². The van der Waals surface area contributed by atoms with E-state index in [4.69, 9.17) is 11.6 Å². The predicted octanol–water partition coefficient (Wildman–Crippen LogP) is 7.94. The molecule has 0 fully saturated rings. The zero-order chi connectivity index (χ0) is 28.2. The number of rotatable bonds is 8. The molecule has 5 nitrogen and oxygen atoms in total. The summed E-state index contributed by atoms with van der Waals surface area (Å²) >= 11 is 6.87. The lowest BCUT2D eigenvalue weighted by molar-refractivity contribution is -0.137. The molecule has 4 aromatic carbocycles. The molecule has 0 radical (unpaired) electrons. The van der Waals surface area contributed by atoms with Crippen LogP contribution in [0.1, 0.15) is 21.9 Å². The highest BCUT2D eigenvalue weighted by molar-refractivity contribution is 8.00. The number of aryl methyl sites for hydroxylation is 1. The van der Waals surface area contributed by atoms with Crippen LogP contribution in [0.3, 0.4) is 0 Å². The van der Waals surface area contributed by atoms with Crippen molar-refractivity contribution in [1.82, 2.24) is 0 Å². The zero-order valence-electron chi connectivity index (χ0n) is 20.4. The van der Waals surface area contributed by atoms with Gasteiger partial charge < -0.3 is 5.32 Å². The first-order chi connectivity index (χ1) is 18.4. The Morgan fingerprint density at radius 1 is 0.897 bits per heavy atom. The molecule has 1 atom stereocenters. The number of alkyl halides is 3. The summed E-state index contributed by atoms with van der Waals surface area (Å²) in [6.07, 6.45) is -4.72. The summed E-state index contributed by atoms with van der Waals surface area (Å²) in [5.41, 5.74) is 0.367. The second-order valence-electron chi connectivity index (χ2n) is 8.53. The molecule has 0 bridgehead atoms. The van der Waals surface area contributed by atoms with Crippen molar-refractivity contribution in [3.8, 4) is 0 Å². The third-order valence-electron chi connectivity index (χ3n) is 5.58. The Morgan fingerprint density at radius 3 is 2.15 bits per heavy atom. The normalized spacial score (nSPS) is 12.5. The fourth-order valence-electron chi connectivity index (χ4n) is 3.63. The average Bonchev–Trinajstić information content (AvgIpc) is 2.89. The van der Waals surface area contributed by atoms with Crippen LogP contribution in [0.25, 0.3) is 0 Å². The highest BCUT2D eigenvalue weighted by Gasteiger charge is 2.35. The van der Waals surface area contributed by atoms with E-state index in [0.29, 0.717) is 16.1 Å². The van der Waals surface area contributed by atoms with Crippen molar-refractivity contribution in [1.29, 1.82) is 0 Å². The minimum absolute atomic E-state index is 0.104. The van der Waals surface area contributed by atoms with E-state index < -0.39 is 38.6 Å². The van der Waals surface area contributed by atoms with Gasteiger partial charge in [0.15, 0.2) is 0 Å². The lowest BCUT2D eigenvalue weighted by Gasteiger charge is -2.19. The molecule has 2 N–H and O–H groups in total. The van der Waals surface area contributed by atoms with Crippen LogP contribution in [0.5, 0.6) is 0 Å². The van der Waals surface area contributed by atoms with Crippen molar-refractivity contribution in [3.63, 3.8) is 0 Å². The van der Waals surface area contributed by atoms with Crippen LogP contribution in [0.2, 0.25) is 5.02 Å². The molecule has 39 heavy (non-hydrogen) atoms. The fourth-order valence-corrected chi connectivity index (χ4v) is 5.88. The van der Waals surface area contributed by atoms with Gasteiger partial charge in [-0.25, -0.2) is 8.42 Å². The molecule has 1 amide bonds. The van der Waals surface area contributed by atoms with Gasteiger partial charge in [0.25, 0.3) is 10.0 Å². The number of nitrogens with one attached hydrogen (secondary N) is 2. The highest BCUT2D eigenvalue weighted by atomic mass is 35.5. The summed E-state index contributed by atoms with van der Waals surface area (Å²) in [7, 11) is -3.80. The van der Waals surface area contributed by atoms with Gasteiger partial charge in [-0.2, -0.15) is 13.2 Å². The van der Waals surface area contributed by atoms with Gasteiger partial charge in [-0.3, -0.25) is 9.52 Å². The van der Waals surface area contributed by atoms with Crippen LogP contribution in [0.4, 0.5) is 24.5 Å². The molecule has 4 aromatic rings. The number of carbonyl (C=O) groups excluding carboxylic acids is 1. The number of halogens is 4. The lowest BCUT2D eigenvalue weighted by atomic mass is 10.1. The monoisotopic (exact) mass is 590 g/mol. The van der Waals surface area contributed by atoms with E-state index in [1.165, 1.54) is 18.2 Å². The third kappa shape index (κ3) is 7.35. The molecule has 1 unspecified atom stereocenters. The van der Waals surface area contributed by atoms with Gasteiger partial charge in [0.05, 0.1) is 16.1 Å². The van der Waals surface area contributed by atoms with E-state index in [1.807, 2.05) is 6.92 Å². The van der Waals surface area contributed by atoms with Gasteiger partial charge in [-0.05, 0) is 67.1 Å². The number of benzene rings is 4. The first kappa shape index (κ1) is 28.5. The molecule has 11 heteroatoms. The Kier molecular flexibility index (Phi) is 8.58. The van der Waals surface area contributed by atoms with Gasteiger partial charge in [0.1, 0.15) is 5.25 Å². The van der Waals surface area contributed by atoms with E-state index >= 15 is 0 Å². The second kappa shape index (κ2) is 11.7. The van der Waals surface area contributed by atoms with E-state index in [-0.39, 0.29) is 9.92 Å². The summed E-state index contributed by atoms with van der Waals surface area (Å²) in [6, 6.07) is 24.5. The molecule has 0 aliphatic heterocycles. The minimum atomic E-state index is -4.72. The fraction of sp³-hybridized carbons (Fsp3) is 0.107. The van der Waals surface area contributed by atoms with E-state index in [9.17, 15) is 26.4 Å². The van der Waals surface area contributed by atoms with Crippen molar-refractivity contribution in [2.75, 3.05) is 10.0 Å². The number of sulfonamides is 1. The van der Waals surface area contributed by atoms with Crippen molar-refractivity contribution in [3.05, 3.63) is 119 Å². The lowest BCUT2D eigenvalue weighted by Crippen LogP contribution is -2.21. The molecule has 4 rings (SSSR count). The third-order valence-corrected chi connectivity index (χ3v) is 8.48. The number of carbonyl (C=O) groups is 1. The number of amides is 1. The maximum atomic E-state index is 13.6. The standard InChI is InChI=1S/C28H22ClF3N2O3S2/c1-18-7-14-23(15-8-18)39(36,37)34-21-10-12-22(13-11-21)38-26(19-5-3-2-4-6-19)27(35)33-25-16-9-20(29)17-24(25)28(30,31)32/h2-17,26,34H,1H3,(H,33,35). The summed E-state index contributed by atoms with van der Waals surface area (Å²) in [5, 5.41) is 1.39. The van der Waals surface area contributed by atoms with Crippen LogP contribution in [0, 0.1) is 6.92 Å². The molecule has 0 saturated heterocycles. The second-order valence-corrected chi connectivity index (χ2v) is 11.8. The topological polar surface area (TPSA) is 75.3 Å². The molecule has 0 spiro atoms. The van der Waals surface area contributed by atoms with Crippen LogP contribution in [-0.4, -0.2) is 14.3 Å². The van der Waals surface area contributed by atoms with Gasteiger partial charge in [-0.1, -0.05) is 59.6 Å². The van der Waals surface area contributed by atoms with Gasteiger partial charge in [0, 0.05) is 15.6 Å². The molecule has 202 valence electrons. The maximum absolute atomic E-state index is 13.6. The number of hydrogen-bond acceptors (Lipinski definition) is 4. The van der Waals surface area contributed by atoms with Crippen molar-refractivity contribution < 1.29 is 26.4 Å². The molecule has 0 heterocycles. The van der Waals surface area contributed by atoms with Crippen molar-refractivity contribution in [2.45, 2.75) is 28.1 Å². The van der Waals surface area contributed by atoms with E-state index in [0.717, 1.165) is 29.5 Å². The van der Waals surface area contributed by atoms with E-state index in [1.54, 1.807) is 66.7 Å². The Labute approximate surface area is 233 Å². The number of anilines is 2. The average molecular weight is 591 g/mol. The summed E-state index contributed by atoms with van der Waals surface area (Å²) in [4.78, 5) is 14.0.